The fraction of sp³-hybridized carbons (Fsp3) is 0.333. The predicted molar refractivity (Wildman–Crippen MR) is 100 cm³/mol. The first-order chi connectivity index (χ1) is 11.0. The van der Waals surface area contributed by atoms with E-state index in [4.69, 9.17) is 27.9 Å². The maximum Gasteiger partial charge on any atom is 0.121 e. The topological polar surface area (TPSA) is 33.3 Å². The lowest BCUT2D eigenvalue weighted by Crippen LogP contribution is -2.13. The molecular formula is C18H22Cl2N2O. The molecule has 2 rings (SSSR count). The summed E-state index contributed by atoms with van der Waals surface area (Å²) in [6.07, 6.45) is 0. The van der Waals surface area contributed by atoms with Crippen molar-refractivity contribution in [1.29, 1.82) is 0 Å². The van der Waals surface area contributed by atoms with Crippen LogP contribution in [-0.2, 0) is 0 Å². The van der Waals surface area contributed by atoms with Crippen LogP contribution in [0.25, 0.3) is 0 Å². The Balaban J connectivity index is 1.78. The zero-order valence-electron chi connectivity index (χ0n) is 13.4. The molecule has 2 aromatic rings. The van der Waals surface area contributed by atoms with Crippen molar-refractivity contribution in [3.8, 4) is 5.75 Å². The van der Waals surface area contributed by atoms with E-state index in [0.717, 1.165) is 36.8 Å². The number of hydrogen-bond donors (Lipinski definition) is 2. The minimum atomic E-state index is 0.514. The molecule has 0 atom stereocenters. The van der Waals surface area contributed by atoms with E-state index in [1.807, 2.05) is 36.4 Å². The maximum atomic E-state index is 5.97. The van der Waals surface area contributed by atoms with Crippen LogP contribution in [0.5, 0.6) is 5.75 Å². The zero-order valence-corrected chi connectivity index (χ0v) is 14.9. The number of benzene rings is 2. The fourth-order valence-electron chi connectivity index (χ4n) is 2.03. The van der Waals surface area contributed by atoms with Gasteiger partial charge in [0.05, 0.1) is 6.61 Å². The number of hydrogen-bond acceptors (Lipinski definition) is 3. The van der Waals surface area contributed by atoms with E-state index in [-0.39, 0.29) is 0 Å². The van der Waals surface area contributed by atoms with Crippen LogP contribution in [0.4, 0.5) is 11.4 Å². The Morgan fingerprint density at radius 3 is 2.22 bits per heavy atom. The zero-order chi connectivity index (χ0) is 16.7. The minimum absolute atomic E-state index is 0.514. The van der Waals surface area contributed by atoms with Crippen LogP contribution in [-0.4, -0.2) is 19.7 Å². The third-order valence-electron chi connectivity index (χ3n) is 3.06. The molecule has 0 unspecified atom stereocenters. The summed E-state index contributed by atoms with van der Waals surface area (Å²) in [4.78, 5) is 0. The van der Waals surface area contributed by atoms with Crippen molar-refractivity contribution in [2.75, 3.05) is 30.3 Å². The number of rotatable bonds is 8. The summed E-state index contributed by atoms with van der Waals surface area (Å²) in [5.41, 5.74) is 1.95. The van der Waals surface area contributed by atoms with Crippen LogP contribution < -0.4 is 15.4 Å². The molecule has 0 aliphatic rings. The number of halogens is 2. The standard InChI is InChI=1S/C18H22Cl2N2O/c1-13(2)12-23-18-5-3-4-16(11-18)21-6-7-22-17-9-14(19)8-15(20)10-17/h3-5,8-11,13,21-22H,6-7,12H2,1-2H3. The fourth-order valence-corrected chi connectivity index (χ4v) is 2.55. The molecule has 0 spiro atoms. The Labute approximate surface area is 147 Å². The van der Waals surface area contributed by atoms with Gasteiger partial charge in [-0.15, -0.1) is 0 Å². The number of nitrogens with one attached hydrogen (secondary N) is 2. The molecule has 23 heavy (non-hydrogen) atoms. The molecule has 2 N–H and O–H groups in total. The first kappa shape index (κ1) is 17.8. The highest BCUT2D eigenvalue weighted by atomic mass is 35.5. The Bertz CT molecular complexity index is 612. The van der Waals surface area contributed by atoms with E-state index < -0.39 is 0 Å². The Morgan fingerprint density at radius 1 is 0.913 bits per heavy atom. The first-order valence-electron chi connectivity index (χ1n) is 7.69. The van der Waals surface area contributed by atoms with Gasteiger partial charge in [-0.3, -0.25) is 0 Å². The van der Waals surface area contributed by atoms with Crippen LogP contribution in [0.2, 0.25) is 10.0 Å². The van der Waals surface area contributed by atoms with Crippen LogP contribution >= 0.6 is 23.2 Å². The van der Waals surface area contributed by atoms with Gasteiger partial charge < -0.3 is 15.4 Å². The van der Waals surface area contributed by atoms with E-state index in [9.17, 15) is 0 Å². The Kier molecular flexibility index (Phi) is 6.87. The van der Waals surface area contributed by atoms with E-state index in [1.54, 1.807) is 6.07 Å². The van der Waals surface area contributed by atoms with Gasteiger partial charge in [-0.25, -0.2) is 0 Å². The third kappa shape index (κ3) is 6.59. The first-order valence-corrected chi connectivity index (χ1v) is 8.45. The highest BCUT2D eigenvalue weighted by Crippen LogP contribution is 2.22. The molecule has 5 heteroatoms. The van der Waals surface area contributed by atoms with Gasteiger partial charge in [-0.2, -0.15) is 0 Å². The SMILES string of the molecule is CC(C)COc1cccc(NCCNc2cc(Cl)cc(Cl)c2)c1. The van der Waals surface area contributed by atoms with Gasteiger partial charge in [0.15, 0.2) is 0 Å². The Morgan fingerprint density at radius 2 is 1.57 bits per heavy atom. The molecule has 0 heterocycles. The summed E-state index contributed by atoms with van der Waals surface area (Å²) < 4.78 is 5.73. The molecule has 2 aromatic carbocycles. The summed E-state index contributed by atoms with van der Waals surface area (Å²) in [7, 11) is 0. The monoisotopic (exact) mass is 352 g/mol. The van der Waals surface area contributed by atoms with E-state index in [1.165, 1.54) is 0 Å². The van der Waals surface area contributed by atoms with Crippen LogP contribution in [0.1, 0.15) is 13.8 Å². The van der Waals surface area contributed by atoms with Crippen LogP contribution in [0.3, 0.4) is 0 Å². The van der Waals surface area contributed by atoms with E-state index in [2.05, 4.69) is 24.5 Å². The minimum Gasteiger partial charge on any atom is -0.493 e. The van der Waals surface area contributed by atoms with Crippen molar-refractivity contribution in [3.63, 3.8) is 0 Å². The predicted octanol–water partition coefficient (Wildman–Crippen LogP) is 5.55. The third-order valence-corrected chi connectivity index (χ3v) is 3.50. The Hall–Kier alpha value is -1.58. The summed E-state index contributed by atoms with van der Waals surface area (Å²) in [6.45, 7) is 6.53. The maximum absolute atomic E-state index is 5.97. The van der Waals surface area contributed by atoms with Gasteiger partial charge in [-0.1, -0.05) is 43.1 Å². The number of ether oxygens (including phenoxy) is 1. The highest BCUT2D eigenvalue weighted by molar-refractivity contribution is 6.35. The second kappa shape index (κ2) is 8.90. The smallest absolute Gasteiger partial charge is 0.121 e. The van der Waals surface area contributed by atoms with Crippen molar-refractivity contribution in [1.82, 2.24) is 0 Å². The second-order valence-corrected chi connectivity index (χ2v) is 6.62. The van der Waals surface area contributed by atoms with Gasteiger partial charge in [0, 0.05) is 40.6 Å². The quantitative estimate of drug-likeness (QED) is 0.610. The van der Waals surface area contributed by atoms with Gasteiger partial charge >= 0.3 is 0 Å². The van der Waals surface area contributed by atoms with E-state index in [0.29, 0.717) is 16.0 Å². The largest absolute Gasteiger partial charge is 0.493 e. The molecule has 0 saturated carbocycles. The van der Waals surface area contributed by atoms with Gasteiger partial charge in [0.2, 0.25) is 0 Å². The summed E-state index contributed by atoms with van der Waals surface area (Å²) in [5.74, 6) is 1.40. The van der Waals surface area contributed by atoms with Crippen molar-refractivity contribution in [2.24, 2.45) is 5.92 Å². The van der Waals surface area contributed by atoms with Crippen molar-refractivity contribution in [2.45, 2.75) is 13.8 Å². The lowest BCUT2D eigenvalue weighted by Gasteiger charge is -2.12. The highest BCUT2D eigenvalue weighted by Gasteiger charge is 2.00. The van der Waals surface area contributed by atoms with Crippen LogP contribution in [0, 0.1) is 5.92 Å². The molecule has 124 valence electrons. The normalized spacial score (nSPS) is 10.7. The summed E-state index contributed by atoms with van der Waals surface area (Å²) in [5, 5.41) is 7.91. The van der Waals surface area contributed by atoms with Crippen molar-refractivity contribution >= 4 is 34.6 Å². The second-order valence-electron chi connectivity index (χ2n) is 5.74. The lowest BCUT2D eigenvalue weighted by atomic mass is 10.2. The summed E-state index contributed by atoms with van der Waals surface area (Å²) >= 11 is 11.9. The molecule has 0 aromatic heterocycles. The molecule has 0 aliphatic heterocycles. The average Bonchev–Trinajstić information content (AvgIpc) is 2.49. The average molecular weight is 353 g/mol. The van der Waals surface area contributed by atoms with Crippen LogP contribution in [0.15, 0.2) is 42.5 Å². The molecule has 0 fully saturated rings. The van der Waals surface area contributed by atoms with Gasteiger partial charge in [0.1, 0.15) is 5.75 Å². The molecular weight excluding hydrogens is 331 g/mol. The molecule has 3 nitrogen and oxygen atoms in total. The molecule has 0 radical (unpaired) electrons. The van der Waals surface area contributed by atoms with Gasteiger partial charge in [0.25, 0.3) is 0 Å². The number of anilines is 2. The van der Waals surface area contributed by atoms with Crippen molar-refractivity contribution < 1.29 is 4.74 Å². The molecule has 0 amide bonds. The molecule has 0 aliphatic carbocycles. The lowest BCUT2D eigenvalue weighted by molar-refractivity contribution is 0.271. The van der Waals surface area contributed by atoms with Crippen molar-refractivity contribution in [3.05, 3.63) is 52.5 Å². The summed E-state index contributed by atoms with van der Waals surface area (Å²) in [6, 6.07) is 13.4. The molecule has 0 saturated heterocycles. The van der Waals surface area contributed by atoms with Gasteiger partial charge in [-0.05, 0) is 36.2 Å². The van der Waals surface area contributed by atoms with E-state index >= 15 is 0 Å². The molecule has 0 bridgehead atoms.